The molecule has 1 aliphatic rings. The molecule has 1 fully saturated rings. The molecule has 0 heterocycles. The molecule has 0 aromatic heterocycles. The van der Waals surface area contributed by atoms with Crippen LogP contribution >= 0.6 is 11.6 Å². The number of methoxy groups -OCH3 is 1. The highest BCUT2D eigenvalue weighted by Crippen LogP contribution is 2.32. The maximum absolute atomic E-state index is 12.1. The molecule has 2 rings (SSSR count). The van der Waals surface area contributed by atoms with E-state index in [1.165, 1.54) is 7.11 Å². The first-order valence-corrected chi connectivity index (χ1v) is 8.04. The fraction of sp³-hybridized carbons (Fsp3) is 0.500. The number of rotatable bonds is 4. The normalized spacial score (nSPS) is 20.5. The second kappa shape index (κ2) is 8.06. The van der Waals surface area contributed by atoms with Crippen molar-refractivity contribution >= 4 is 29.2 Å². The van der Waals surface area contributed by atoms with E-state index in [0.29, 0.717) is 16.5 Å². The summed E-state index contributed by atoms with van der Waals surface area (Å²) in [5.41, 5.74) is 0.525. The predicted octanol–water partition coefficient (Wildman–Crippen LogP) is 2.77. The van der Waals surface area contributed by atoms with Gasteiger partial charge in [0, 0.05) is 19.0 Å². The molecule has 0 unspecified atom stereocenters. The highest BCUT2D eigenvalue weighted by Gasteiger charge is 2.26. The summed E-state index contributed by atoms with van der Waals surface area (Å²) in [5, 5.41) is 8.81. The van der Waals surface area contributed by atoms with Gasteiger partial charge in [0.25, 0.3) is 0 Å². The maximum atomic E-state index is 12.1. The van der Waals surface area contributed by atoms with Crippen LogP contribution in [0.1, 0.15) is 25.7 Å². The molecule has 0 aliphatic heterocycles. The topological polar surface area (TPSA) is 79.5 Å². The Balaban J connectivity index is 1.87. The number of nitrogens with one attached hydrogen (secondary N) is 3. The van der Waals surface area contributed by atoms with Crippen LogP contribution in [0.15, 0.2) is 18.2 Å². The summed E-state index contributed by atoms with van der Waals surface area (Å²) in [6, 6.07) is 4.95. The highest BCUT2D eigenvalue weighted by molar-refractivity contribution is 6.32. The smallest absolute Gasteiger partial charge is 0.319 e. The van der Waals surface area contributed by atoms with Gasteiger partial charge in [0.15, 0.2) is 5.75 Å². The fourth-order valence-electron chi connectivity index (χ4n) is 2.86. The lowest BCUT2D eigenvalue weighted by Gasteiger charge is -2.28. The Bertz CT molecular complexity index is 572. The zero-order valence-electron chi connectivity index (χ0n) is 13.3. The first-order chi connectivity index (χ1) is 11.0. The van der Waals surface area contributed by atoms with Gasteiger partial charge in [-0.05, 0) is 37.8 Å². The molecular formula is C16H22ClN3O3. The Morgan fingerprint density at radius 2 is 1.91 bits per heavy atom. The SMILES string of the molecule is CNC(=O)C1CCC(NC(=O)Nc2cccc(Cl)c2OC)CC1. The fourth-order valence-corrected chi connectivity index (χ4v) is 3.11. The van der Waals surface area contributed by atoms with Crippen LogP contribution in [0.3, 0.4) is 0 Å². The Kier molecular flexibility index (Phi) is 6.10. The second-order valence-corrected chi connectivity index (χ2v) is 5.99. The van der Waals surface area contributed by atoms with Crippen LogP contribution in [0.4, 0.5) is 10.5 Å². The van der Waals surface area contributed by atoms with Crippen LogP contribution < -0.4 is 20.7 Å². The zero-order valence-corrected chi connectivity index (χ0v) is 14.1. The van der Waals surface area contributed by atoms with Crippen molar-refractivity contribution in [3.8, 4) is 5.75 Å². The number of carbonyl (C=O) groups excluding carboxylic acids is 2. The van der Waals surface area contributed by atoms with E-state index in [2.05, 4.69) is 16.0 Å². The molecule has 1 aromatic rings. The largest absolute Gasteiger partial charge is 0.493 e. The minimum atomic E-state index is -0.297. The van der Waals surface area contributed by atoms with Crippen molar-refractivity contribution in [2.75, 3.05) is 19.5 Å². The van der Waals surface area contributed by atoms with Crippen LogP contribution in [0.2, 0.25) is 5.02 Å². The summed E-state index contributed by atoms with van der Waals surface area (Å²) < 4.78 is 5.20. The van der Waals surface area contributed by atoms with Crippen LogP contribution in [0.25, 0.3) is 0 Å². The molecular weight excluding hydrogens is 318 g/mol. The molecule has 1 saturated carbocycles. The summed E-state index contributed by atoms with van der Waals surface area (Å²) in [7, 11) is 3.16. The van der Waals surface area contributed by atoms with Gasteiger partial charge in [-0.1, -0.05) is 17.7 Å². The third-order valence-electron chi connectivity index (χ3n) is 4.10. The molecule has 1 aromatic carbocycles. The number of carbonyl (C=O) groups is 2. The zero-order chi connectivity index (χ0) is 16.8. The Labute approximate surface area is 140 Å². The number of benzene rings is 1. The molecule has 3 amide bonds. The molecule has 0 radical (unpaired) electrons. The van der Waals surface area contributed by atoms with Crippen LogP contribution in [-0.4, -0.2) is 32.1 Å². The number of anilines is 1. The van der Waals surface area contributed by atoms with Crippen molar-refractivity contribution in [1.29, 1.82) is 0 Å². The minimum absolute atomic E-state index is 0.0501. The van der Waals surface area contributed by atoms with E-state index in [0.717, 1.165) is 25.7 Å². The van der Waals surface area contributed by atoms with Gasteiger partial charge in [0.1, 0.15) is 0 Å². The van der Waals surface area contributed by atoms with Gasteiger partial charge < -0.3 is 20.7 Å². The first kappa shape index (κ1) is 17.4. The molecule has 7 heteroatoms. The van der Waals surface area contributed by atoms with Crippen molar-refractivity contribution in [1.82, 2.24) is 10.6 Å². The summed E-state index contributed by atoms with van der Waals surface area (Å²) >= 11 is 6.03. The highest BCUT2D eigenvalue weighted by atomic mass is 35.5. The van der Waals surface area contributed by atoms with E-state index in [1.807, 2.05) is 0 Å². The number of halogens is 1. The number of ether oxygens (including phenoxy) is 1. The molecule has 6 nitrogen and oxygen atoms in total. The number of hydrogen-bond donors (Lipinski definition) is 3. The Morgan fingerprint density at radius 3 is 2.52 bits per heavy atom. The average molecular weight is 340 g/mol. The number of para-hydroxylation sites is 1. The minimum Gasteiger partial charge on any atom is -0.493 e. The lowest BCUT2D eigenvalue weighted by atomic mass is 9.85. The number of hydrogen-bond acceptors (Lipinski definition) is 3. The van der Waals surface area contributed by atoms with E-state index in [1.54, 1.807) is 25.2 Å². The van der Waals surface area contributed by atoms with Gasteiger partial charge in [-0.15, -0.1) is 0 Å². The lowest BCUT2D eigenvalue weighted by Crippen LogP contribution is -2.42. The average Bonchev–Trinajstić information content (AvgIpc) is 2.55. The van der Waals surface area contributed by atoms with Gasteiger partial charge in [0.05, 0.1) is 17.8 Å². The number of urea groups is 1. The summed E-state index contributed by atoms with van der Waals surface area (Å²) in [6.45, 7) is 0. The van der Waals surface area contributed by atoms with Gasteiger partial charge in [-0.3, -0.25) is 4.79 Å². The Hall–Kier alpha value is -1.95. The standard InChI is InChI=1S/C16H22ClN3O3/c1-18-15(21)10-6-8-11(9-7-10)19-16(22)20-13-5-3-4-12(17)14(13)23-2/h3-5,10-11H,6-9H2,1-2H3,(H,18,21)(H2,19,20,22). The molecule has 3 N–H and O–H groups in total. The summed E-state index contributed by atoms with van der Waals surface area (Å²) in [6.07, 6.45) is 3.15. The van der Waals surface area contributed by atoms with Crippen LogP contribution in [0.5, 0.6) is 5.75 Å². The molecule has 23 heavy (non-hydrogen) atoms. The van der Waals surface area contributed by atoms with E-state index in [4.69, 9.17) is 16.3 Å². The summed E-state index contributed by atoms with van der Waals surface area (Å²) in [5.74, 6) is 0.568. The third-order valence-corrected chi connectivity index (χ3v) is 4.40. The molecule has 0 bridgehead atoms. The molecule has 1 aliphatic carbocycles. The van der Waals surface area contributed by atoms with Crippen molar-refractivity contribution < 1.29 is 14.3 Å². The predicted molar refractivity (Wildman–Crippen MR) is 90.0 cm³/mol. The maximum Gasteiger partial charge on any atom is 0.319 e. The van der Waals surface area contributed by atoms with E-state index in [-0.39, 0.29) is 23.9 Å². The molecule has 0 spiro atoms. The van der Waals surface area contributed by atoms with Gasteiger partial charge in [-0.2, -0.15) is 0 Å². The van der Waals surface area contributed by atoms with Crippen molar-refractivity contribution in [3.05, 3.63) is 23.2 Å². The van der Waals surface area contributed by atoms with Gasteiger partial charge in [-0.25, -0.2) is 4.79 Å². The van der Waals surface area contributed by atoms with Gasteiger partial charge >= 0.3 is 6.03 Å². The first-order valence-electron chi connectivity index (χ1n) is 7.66. The van der Waals surface area contributed by atoms with E-state index < -0.39 is 0 Å². The van der Waals surface area contributed by atoms with E-state index >= 15 is 0 Å². The molecule has 126 valence electrons. The monoisotopic (exact) mass is 339 g/mol. The number of amides is 3. The lowest BCUT2D eigenvalue weighted by molar-refractivity contribution is -0.125. The second-order valence-electron chi connectivity index (χ2n) is 5.58. The Morgan fingerprint density at radius 1 is 1.22 bits per heavy atom. The van der Waals surface area contributed by atoms with Gasteiger partial charge in [0.2, 0.25) is 5.91 Å². The van der Waals surface area contributed by atoms with Crippen LogP contribution in [-0.2, 0) is 4.79 Å². The molecule has 0 saturated heterocycles. The van der Waals surface area contributed by atoms with Crippen LogP contribution in [0, 0.1) is 5.92 Å². The van der Waals surface area contributed by atoms with E-state index in [9.17, 15) is 9.59 Å². The summed E-state index contributed by atoms with van der Waals surface area (Å²) in [4.78, 5) is 23.7. The van der Waals surface area contributed by atoms with Crippen molar-refractivity contribution in [2.24, 2.45) is 5.92 Å². The van der Waals surface area contributed by atoms with Crippen molar-refractivity contribution in [3.63, 3.8) is 0 Å². The quantitative estimate of drug-likeness (QED) is 0.789. The third kappa shape index (κ3) is 4.51. The molecule has 0 atom stereocenters. The van der Waals surface area contributed by atoms with Crippen molar-refractivity contribution in [2.45, 2.75) is 31.7 Å².